The molecule has 116 heavy (non-hydrogen) atoms. The summed E-state index contributed by atoms with van der Waals surface area (Å²) in [6, 6.07) is 64.4. The number of azo groups is 4. The standard InChI is InChI=1S/C17H18N6.C15H18N3O.C14H16N3.C13H18N5.C12H15N5.C11H13N5.2CH4.4CH3/c1-22-11-12-23(2)17(22)21-20-16-9-7-15(8-10-16)19-14-5-3-13(18)4-6-14;1-17-10-8-13(9-11-17)12-16-18(2)14-4-6-15(19-3)7-5-14;1-16-10-8-13(9-11-16)12-15-17(2)14-6-4-3-5-7-14;1-16(2)12-7-5-11(6-8-12)14-15-13-17(3)9-10-18(13)4;1-13-10-4-6-11(7-5-10)14-15-12-16(2)8-9-17(12)3;1-15-7-8-16(2)11(15)14-13-10-5-3-9(12)4-6-10;;;;;;/h3-12H,1-2H3,(H2,18,20);4-12H,1-3H3;3-12H,1-2H3;5-10H,1-4H3;4-9H,1-3H3;3-8,12H,1-2H3;2*1H4;4*1H3/q;3*+1;;;;;4*-1/p+3. The van der Waals surface area contributed by atoms with Crippen LogP contribution in [-0.4, -0.2) is 73.0 Å². The summed E-state index contributed by atoms with van der Waals surface area (Å²) in [5.41, 5.74) is 24.4. The predicted molar refractivity (Wildman–Crippen MR) is 477 cm³/mol. The zero-order valence-electron chi connectivity index (χ0n) is 69.5. The number of nitrogens with two attached hydrogens (primary N) is 2. The maximum absolute atomic E-state index is 5.68. The average Bonchev–Trinajstić information content (AvgIpc) is 1.85. The summed E-state index contributed by atoms with van der Waals surface area (Å²) in [5, 5.41) is 52.6. The molecule has 0 aliphatic heterocycles. The molecule has 13 aromatic rings. The second-order valence-electron chi connectivity index (χ2n) is 25.3. The van der Waals surface area contributed by atoms with Crippen molar-refractivity contribution < 1.29 is 32.1 Å². The predicted octanol–water partition coefficient (Wildman–Crippen LogP) is 17.1. The highest BCUT2D eigenvalue weighted by atomic mass is 16.5. The Morgan fingerprint density at radius 3 is 0.940 bits per heavy atom. The van der Waals surface area contributed by atoms with Crippen LogP contribution in [0.2, 0.25) is 0 Å². The summed E-state index contributed by atoms with van der Waals surface area (Å²) in [6.07, 6.45) is 27.2. The number of nitrogens with one attached hydrogen (secondary N) is 2. The summed E-state index contributed by atoms with van der Waals surface area (Å²) in [5.74, 6) is 4.04. The number of nitrogen functional groups attached to an aromatic ring is 2. The molecule has 0 spiro atoms. The van der Waals surface area contributed by atoms with Crippen molar-refractivity contribution in [3.05, 3.63) is 315 Å². The molecule has 6 heterocycles. The molecule has 13 rings (SSSR count). The first-order valence-corrected chi connectivity index (χ1v) is 35.0. The maximum atomic E-state index is 5.68. The van der Waals surface area contributed by atoms with E-state index in [1.54, 1.807) is 19.2 Å². The van der Waals surface area contributed by atoms with Crippen LogP contribution < -0.4 is 69.2 Å². The zero-order valence-corrected chi connectivity index (χ0v) is 69.5. The molecule has 0 fully saturated rings. The minimum atomic E-state index is 0. The number of rotatable bonds is 19. The summed E-state index contributed by atoms with van der Waals surface area (Å²) in [6.45, 7) is 0. The molecule has 0 amide bonds. The Bertz CT molecular complexity index is 5030. The number of nitrogens with zero attached hydrogens (tertiary/aromatic N) is 23. The lowest BCUT2D eigenvalue weighted by Crippen LogP contribution is -2.25. The van der Waals surface area contributed by atoms with Crippen LogP contribution in [0.3, 0.4) is 0 Å². The van der Waals surface area contributed by atoms with Gasteiger partial charge < -0.3 is 61.4 Å². The Labute approximate surface area is 688 Å². The molecule has 0 saturated carbocycles. The van der Waals surface area contributed by atoms with Gasteiger partial charge in [-0.2, -0.15) is 10.2 Å². The number of hydrazone groups is 2. The van der Waals surface area contributed by atoms with E-state index in [2.05, 4.69) is 66.7 Å². The number of pyridine rings is 2. The summed E-state index contributed by atoms with van der Waals surface area (Å²) in [7, 11) is 30.9. The van der Waals surface area contributed by atoms with Gasteiger partial charge in [0.1, 0.15) is 42.6 Å². The summed E-state index contributed by atoms with van der Waals surface area (Å²) >= 11 is 0. The van der Waals surface area contributed by atoms with Gasteiger partial charge >= 0.3 is 23.8 Å². The average molecular weight is 1570 g/mol. The van der Waals surface area contributed by atoms with Gasteiger partial charge in [0.15, 0.2) is 24.8 Å². The first-order valence-electron chi connectivity index (χ1n) is 35.0. The molecular formula is C88H121N27O+2. The first kappa shape index (κ1) is 97.9. The van der Waals surface area contributed by atoms with Crippen molar-refractivity contribution in [3.63, 3.8) is 0 Å². The Balaban J connectivity index is 0.000000469. The van der Waals surface area contributed by atoms with E-state index in [1.165, 1.54) is 0 Å². The number of benzene rings is 7. The van der Waals surface area contributed by atoms with E-state index in [-0.39, 0.29) is 44.6 Å². The van der Waals surface area contributed by atoms with Gasteiger partial charge in [-0.3, -0.25) is 10.0 Å². The minimum Gasteiger partial charge on any atom is -0.497 e. The second-order valence-corrected chi connectivity index (χ2v) is 25.3. The highest BCUT2D eigenvalue weighted by Crippen LogP contribution is 2.25. The molecule has 0 bridgehead atoms. The van der Waals surface area contributed by atoms with Gasteiger partial charge in [0.05, 0.1) is 137 Å². The molecule has 6 aromatic heterocycles. The summed E-state index contributed by atoms with van der Waals surface area (Å²) < 4.78 is 24.5. The molecule has 0 saturated heterocycles. The topological polar surface area (TPSA) is 262 Å². The number of para-hydroxylation sites is 1. The number of aromatic nitrogens is 10. The molecule has 0 aliphatic rings. The lowest BCUT2D eigenvalue weighted by molar-refractivity contribution is -0.671. The van der Waals surface area contributed by atoms with Crippen LogP contribution in [-0.2, 0) is 70.5 Å². The van der Waals surface area contributed by atoms with E-state index in [4.69, 9.17) is 16.2 Å². The first-order chi connectivity index (χ1) is 53.0. The highest BCUT2D eigenvalue weighted by Gasteiger charge is 2.14. The lowest BCUT2D eigenvalue weighted by Gasteiger charge is -2.12. The van der Waals surface area contributed by atoms with Crippen molar-refractivity contribution in [2.45, 2.75) is 14.9 Å². The smallest absolute Gasteiger partial charge is 0.421 e. The van der Waals surface area contributed by atoms with E-state index < -0.39 is 0 Å². The number of aryl methyl sites for hydroxylation is 10. The number of anilines is 8. The summed E-state index contributed by atoms with van der Waals surface area (Å²) in [4.78, 5) is 2.05. The molecule has 612 valence electrons. The van der Waals surface area contributed by atoms with Gasteiger partial charge in [-0.25, -0.2) is 45.7 Å². The van der Waals surface area contributed by atoms with Crippen molar-refractivity contribution in [1.29, 1.82) is 0 Å². The molecule has 28 nitrogen and oxygen atoms in total. The van der Waals surface area contributed by atoms with E-state index in [1.807, 2.05) is 436 Å². The fraction of sp³-hybridized carbons (Fsp3) is 0.205. The van der Waals surface area contributed by atoms with Crippen LogP contribution in [0, 0.1) is 29.7 Å². The normalized spacial score (nSPS) is 10.4. The molecule has 0 aliphatic carbocycles. The van der Waals surface area contributed by atoms with Gasteiger partial charge in [-0.15, -0.1) is 0 Å². The largest absolute Gasteiger partial charge is 0.497 e. The van der Waals surface area contributed by atoms with Crippen LogP contribution in [0.4, 0.5) is 92.0 Å². The zero-order chi connectivity index (χ0) is 78.9. The van der Waals surface area contributed by atoms with Crippen LogP contribution in [0.5, 0.6) is 5.75 Å². The van der Waals surface area contributed by atoms with Crippen LogP contribution in [0.15, 0.2) is 326 Å². The number of hydrogen-bond donors (Lipinski definition) is 4. The van der Waals surface area contributed by atoms with Crippen molar-refractivity contribution in [3.8, 4) is 5.75 Å². The SMILES string of the molecule is C.C.CN(C)c1ccc(N=Nc2n(C)cc[n+]2C)cc1.CN(N=Cc1cc[n+](C)cc1)c1ccccc1.CNc1ccc(N=Nc2n(C)cc[n+]2C)cc1.COc1ccc(N(C)N=Cc2cc[n+](C)cc2)cc1.Cn1cc[n+](C)c1N=Nc1ccc(N)cc1.Cn1cc[n+](C)c1N=Nc1ccc(Nc2ccc(N)cc2)cc1.[CH3-].[CH3-].[CH3-].[CH3-]. The number of methoxy groups -OCH3 is 1. The van der Waals surface area contributed by atoms with Crippen molar-refractivity contribution in [2.75, 3.05) is 79.4 Å². The van der Waals surface area contributed by atoms with Crippen molar-refractivity contribution in [1.82, 2.24) is 18.3 Å². The van der Waals surface area contributed by atoms with E-state index in [9.17, 15) is 0 Å². The number of hydrogen-bond acceptors (Lipinski definition) is 18. The Hall–Kier alpha value is -14.2. The molecule has 0 atom stereocenters. The van der Waals surface area contributed by atoms with E-state index in [0.29, 0.717) is 0 Å². The molecule has 7 aromatic carbocycles. The van der Waals surface area contributed by atoms with Crippen LogP contribution in [0.1, 0.15) is 26.0 Å². The van der Waals surface area contributed by atoms with Gasteiger partial charge in [0.2, 0.25) is 0 Å². The van der Waals surface area contributed by atoms with Gasteiger partial charge in [0, 0.05) is 125 Å². The third-order valence-electron chi connectivity index (χ3n) is 16.4. The number of imidazole rings is 4. The maximum Gasteiger partial charge on any atom is 0.421 e. The van der Waals surface area contributed by atoms with Crippen LogP contribution in [0.25, 0.3) is 0 Å². The van der Waals surface area contributed by atoms with Gasteiger partial charge in [-0.05, 0) is 158 Å². The monoisotopic (exact) mass is 1570 g/mol. The van der Waals surface area contributed by atoms with Crippen molar-refractivity contribution in [2.24, 2.45) is 122 Å². The highest BCUT2D eigenvalue weighted by molar-refractivity contribution is 5.80. The minimum absolute atomic E-state index is 0. The molecule has 0 unspecified atom stereocenters. The lowest BCUT2D eigenvalue weighted by atomic mass is 10.2. The van der Waals surface area contributed by atoms with E-state index >= 15 is 0 Å². The van der Waals surface area contributed by atoms with Crippen molar-refractivity contribution >= 4 is 104 Å². The molecular weight excluding hydrogens is 1450 g/mol. The number of ether oxygens (including phenoxy) is 1. The molecule has 6 N–H and O–H groups in total. The third kappa shape index (κ3) is 31.5. The quantitative estimate of drug-likeness (QED) is 0.0151. The Kier molecular flexibility index (Phi) is 42.2. The Morgan fingerprint density at radius 2 is 0.638 bits per heavy atom. The fourth-order valence-electron chi connectivity index (χ4n) is 9.78. The fourth-order valence-corrected chi connectivity index (χ4v) is 9.78. The second kappa shape index (κ2) is 49.9. The van der Waals surface area contributed by atoms with E-state index in [0.717, 1.165) is 109 Å². The van der Waals surface area contributed by atoms with Gasteiger partial charge in [0.25, 0.3) is 0 Å². The molecule has 28 heteroatoms. The van der Waals surface area contributed by atoms with Gasteiger partial charge in [-0.1, -0.05) is 53.5 Å². The Morgan fingerprint density at radius 1 is 0.353 bits per heavy atom. The third-order valence-corrected chi connectivity index (χ3v) is 16.4. The molecule has 0 radical (unpaired) electrons. The van der Waals surface area contributed by atoms with Crippen LogP contribution >= 0.6 is 0 Å².